The lowest BCUT2D eigenvalue weighted by atomic mass is 10.0. The number of nitrogens with two attached hydrogens (primary N) is 1. The van der Waals surface area contributed by atoms with Gasteiger partial charge in [0.2, 0.25) is 0 Å². The third-order valence-corrected chi connectivity index (χ3v) is 5.57. The second kappa shape index (κ2) is 8.32. The van der Waals surface area contributed by atoms with Crippen LogP contribution in [0.1, 0.15) is 29.7 Å². The molecule has 1 aliphatic rings. The minimum Gasteiger partial charge on any atom is -0.409 e. The third-order valence-electron chi connectivity index (χ3n) is 5.25. The maximum atomic E-state index is 12.9. The van der Waals surface area contributed by atoms with Gasteiger partial charge in [0, 0.05) is 17.4 Å². The van der Waals surface area contributed by atoms with Crippen LogP contribution in [0.3, 0.4) is 0 Å². The van der Waals surface area contributed by atoms with E-state index in [0.717, 1.165) is 22.5 Å². The smallest absolute Gasteiger partial charge is 0.409 e. The lowest BCUT2D eigenvalue weighted by molar-refractivity contribution is -0.141. The standard InChI is InChI=1S/C21H18ClF3N6O2/c22-15-5-4-14(11-16(15)31-9-6-17(29-31)21(23,24)25)27-19(32)28-20(7-8-20)13-3-1-2-12(10-13)18(26)30-33/h1-6,9-11,33H,7-8H2,(H2,26,30)(H2,27,28,32). The van der Waals surface area contributed by atoms with Crippen molar-refractivity contribution in [2.45, 2.75) is 24.6 Å². The minimum absolute atomic E-state index is 0.0434. The van der Waals surface area contributed by atoms with Crippen molar-refractivity contribution in [1.82, 2.24) is 15.1 Å². The zero-order valence-corrected chi connectivity index (χ0v) is 17.7. The van der Waals surface area contributed by atoms with E-state index in [-0.39, 0.29) is 16.5 Å². The minimum atomic E-state index is -4.59. The molecule has 0 aliphatic heterocycles. The van der Waals surface area contributed by atoms with E-state index >= 15 is 0 Å². The molecule has 1 saturated carbocycles. The first-order valence-electron chi connectivity index (χ1n) is 9.72. The first kappa shape index (κ1) is 22.5. The quantitative estimate of drug-likeness (QED) is 0.187. The maximum absolute atomic E-state index is 12.9. The van der Waals surface area contributed by atoms with E-state index in [2.05, 4.69) is 20.9 Å². The first-order valence-corrected chi connectivity index (χ1v) is 10.1. The monoisotopic (exact) mass is 478 g/mol. The number of aromatic nitrogens is 2. The van der Waals surface area contributed by atoms with Crippen molar-refractivity contribution in [1.29, 1.82) is 0 Å². The Balaban J connectivity index is 1.51. The average Bonchev–Trinajstić information content (AvgIpc) is 3.37. The summed E-state index contributed by atoms with van der Waals surface area (Å²) in [4.78, 5) is 12.7. The molecule has 5 N–H and O–H groups in total. The van der Waals surface area contributed by atoms with Crippen molar-refractivity contribution in [3.05, 3.63) is 76.6 Å². The van der Waals surface area contributed by atoms with E-state index in [9.17, 15) is 18.0 Å². The molecule has 4 rings (SSSR count). The van der Waals surface area contributed by atoms with Crippen molar-refractivity contribution < 1.29 is 23.2 Å². The van der Waals surface area contributed by atoms with Crippen LogP contribution in [0.2, 0.25) is 5.02 Å². The van der Waals surface area contributed by atoms with Gasteiger partial charge >= 0.3 is 12.2 Å². The van der Waals surface area contributed by atoms with E-state index < -0.39 is 23.4 Å². The highest BCUT2D eigenvalue weighted by Crippen LogP contribution is 2.45. The molecular formula is C21H18ClF3N6O2. The normalized spacial score (nSPS) is 15.2. The highest BCUT2D eigenvalue weighted by Gasteiger charge is 2.46. The fourth-order valence-electron chi connectivity index (χ4n) is 3.40. The Hall–Kier alpha value is -3.73. The van der Waals surface area contributed by atoms with Crippen LogP contribution in [0.15, 0.2) is 59.9 Å². The van der Waals surface area contributed by atoms with Gasteiger partial charge in [0.15, 0.2) is 11.5 Å². The zero-order valence-electron chi connectivity index (χ0n) is 16.9. The van der Waals surface area contributed by atoms with E-state index in [1.54, 1.807) is 18.2 Å². The summed E-state index contributed by atoms with van der Waals surface area (Å²) in [5, 5.41) is 21.1. The molecule has 33 heavy (non-hydrogen) atoms. The van der Waals surface area contributed by atoms with Crippen molar-refractivity contribution in [3.63, 3.8) is 0 Å². The Kier molecular flexibility index (Phi) is 5.66. The van der Waals surface area contributed by atoms with Gasteiger partial charge in [-0.1, -0.05) is 35.0 Å². The van der Waals surface area contributed by atoms with E-state index in [1.165, 1.54) is 18.2 Å². The lowest BCUT2D eigenvalue weighted by Gasteiger charge is -2.19. The number of amides is 2. The second-order valence-corrected chi connectivity index (χ2v) is 7.94. The Morgan fingerprint density at radius 3 is 2.61 bits per heavy atom. The SMILES string of the molecule is N/C(=N\O)c1cccc(C2(NC(=O)Nc3ccc(Cl)c(-n4ccc(C(F)(F)F)n4)c3)CC2)c1. The van der Waals surface area contributed by atoms with E-state index in [0.29, 0.717) is 24.1 Å². The number of carbonyl (C=O) groups excluding carboxylic acids is 1. The van der Waals surface area contributed by atoms with Crippen LogP contribution in [0.4, 0.5) is 23.7 Å². The van der Waals surface area contributed by atoms with Gasteiger partial charge in [0.05, 0.1) is 16.2 Å². The van der Waals surface area contributed by atoms with Gasteiger partial charge < -0.3 is 21.6 Å². The van der Waals surface area contributed by atoms with Gasteiger partial charge in [-0.3, -0.25) is 0 Å². The average molecular weight is 479 g/mol. The van der Waals surface area contributed by atoms with Crippen molar-refractivity contribution >= 4 is 29.2 Å². The Bertz CT molecular complexity index is 1240. The third kappa shape index (κ3) is 4.72. The number of benzene rings is 2. The Morgan fingerprint density at radius 2 is 1.97 bits per heavy atom. The predicted molar refractivity (Wildman–Crippen MR) is 116 cm³/mol. The summed E-state index contributed by atoms with van der Waals surface area (Å²) in [6.07, 6.45) is -2.06. The lowest BCUT2D eigenvalue weighted by Crippen LogP contribution is -2.38. The molecule has 3 aromatic rings. The zero-order chi connectivity index (χ0) is 23.8. The van der Waals surface area contributed by atoms with Crippen LogP contribution in [0, 0.1) is 0 Å². The van der Waals surface area contributed by atoms with E-state index in [1.807, 2.05) is 6.07 Å². The molecule has 1 aromatic heterocycles. The van der Waals surface area contributed by atoms with Crippen molar-refractivity contribution in [2.24, 2.45) is 10.9 Å². The van der Waals surface area contributed by atoms with Crippen LogP contribution < -0.4 is 16.4 Å². The molecule has 0 bridgehead atoms. The van der Waals surface area contributed by atoms with Crippen molar-refractivity contribution in [2.75, 3.05) is 5.32 Å². The molecule has 0 spiro atoms. The Morgan fingerprint density at radius 1 is 1.21 bits per heavy atom. The van der Waals surface area contributed by atoms with E-state index in [4.69, 9.17) is 22.5 Å². The van der Waals surface area contributed by atoms with Crippen LogP contribution in [0.25, 0.3) is 5.69 Å². The maximum Gasteiger partial charge on any atom is 0.435 e. The molecule has 1 aliphatic carbocycles. The number of rotatable bonds is 5. The fraction of sp³-hybridized carbons (Fsp3) is 0.190. The van der Waals surface area contributed by atoms with Crippen molar-refractivity contribution in [3.8, 4) is 5.69 Å². The number of nitrogens with zero attached hydrogens (tertiary/aromatic N) is 3. The van der Waals surface area contributed by atoms with Gasteiger partial charge in [-0.25, -0.2) is 9.48 Å². The summed E-state index contributed by atoms with van der Waals surface area (Å²) < 4.78 is 39.6. The molecule has 0 saturated heterocycles. The Labute approximate surface area is 190 Å². The number of anilines is 1. The number of alkyl halides is 3. The molecule has 1 fully saturated rings. The number of urea groups is 1. The van der Waals surface area contributed by atoms with Gasteiger partial charge in [0.1, 0.15) is 0 Å². The van der Waals surface area contributed by atoms with Gasteiger partial charge in [-0.15, -0.1) is 0 Å². The number of halogens is 4. The summed E-state index contributed by atoms with van der Waals surface area (Å²) in [7, 11) is 0. The molecule has 2 aromatic carbocycles. The number of amidine groups is 1. The predicted octanol–water partition coefficient (Wildman–Crippen LogP) is 4.45. The summed E-state index contributed by atoms with van der Waals surface area (Å²) in [5.74, 6) is -0.0434. The van der Waals surface area contributed by atoms with Gasteiger partial charge in [-0.05, 0) is 48.7 Å². The van der Waals surface area contributed by atoms with Crippen LogP contribution in [-0.2, 0) is 11.7 Å². The summed E-state index contributed by atoms with van der Waals surface area (Å²) in [6, 6.07) is 11.7. The molecule has 8 nitrogen and oxygen atoms in total. The van der Waals surface area contributed by atoms with Gasteiger partial charge in [0.25, 0.3) is 0 Å². The highest BCUT2D eigenvalue weighted by atomic mass is 35.5. The van der Waals surface area contributed by atoms with Crippen LogP contribution in [-0.4, -0.2) is 26.9 Å². The first-order chi connectivity index (χ1) is 15.6. The van der Waals surface area contributed by atoms with Gasteiger partial charge in [-0.2, -0.15) is 18.3 Å². The number of hydrogen-bond acceptors (Lipinski definition) is 4. The number of oxime groups is 1. The van der Waals surface area contributed by atoms with Crippen LogP contribution in [0.5, 0.6) is 0 Å². The molecule has 2 amide bonds. The van der Waals surface area contributed by atoms with Crippen LogP contribution >= 0.6 is 11.6 Å². The molecule has 0 radical (unpaired) electrons. The molecule has 172 valence electrons. The topological polar surface area (TPSA) is 118 Å². The fourth-order valence-corrected chi connectivity index (χ4v) is 3.60. The summed E-state index contributed by atoms with van der Waals surface area (Å²) >= 11 is 6.13. The highest BCUT2D eigenvalue weighted by molar-refractivity contribution is 6.32. The molecule has 0 atom stereocenters. The number of nitrogens with one attached hydrogen (secondary N) is 2. The summed E-state index contributed by atoms with van der Waals surface area (Å²) in [6.45, 7) is 0. The summed E-state index contributed by atoms with van der Waals surface area (Å²) in [5.41, 5.74) is 5.80. The number of hydrogen-bond donors (Lipinski definition) is 4. The molecular weight excluding hydrogens is 461 g/mol. The molecule has 0 unspecified atom stereocenters. The molecule has 12 heteroatoms. The number of carbonyl (C=O) groups is 1. The second-order valence-electron chi connectivity index (χ2n) is 7.54. The molecule has 1 heterocycles. The largest absolute Gasteiger partial charge is 0.435 e.